The van der Waals surface area contributed by atoms with Gasteiger partial charge >= 0.3 is 17.6 Å². The van der Waals surface area contributed by atoms with E-state index in [-0.39, 0.29) is 0 Å². The molecule has 0 radical (unpaired) electrons. The van der Waals surface area contributed by atoms with Crippen LogP contribution >= 0.6 is 0 Å². The van der Waals surface area contributed by atoms with Gasteiger partial charge in [0.2, 0.25) is 0 Å². The Labute approximate surface area is 248 Å². The van der Waals surface area contributed by atoms with E-state index in [0.717, 1.165) is 17.7 Å². The number of nitrogens with zero attached hydrogens (tertiary/aromatic N) is 2. The quantitative estimate of drug-likeness (QED) is 0.168. The van der Waals surface area contributed by atoms with Crippen molar-refractivity contribution in [2.45, 2.75) is 64.5 Å². The second-order valence-electron chi connectivity index (χ2n) is 12.5. The molecule has 1 N–H and O–H groups in total. The molecular weight excluding hydrogens is 575 g/mol. The molecule has 2 aliphatic heterocycles. The van der Waals surface area contributed by atoms with E-state index in [2.05, 4.69) is 10.2 Å². The van der Waals surface area contributed by atoms with Crippen molar-refractivity contribution in [3.8, 4) is 6.07 Å². The number of rotatable bonds is 2. The molecule has 43 heavy (non-hydrogen) atoms. The van der Waals surface area contributed by atoms with Gasteiger partial charge in [0.05, 0.1) is 5.56 Å². The van der Waals surface area contributed by atoms with Crippen molar-refractivity contribution in [3.05, 3.63) is 98.6 Å². The highest BCUT2D eigenvalue weighted by Crippen LogP contribution is 2.52. The van der Waals surface area contributed by atoms with Crippen LogP contribution in [-0.4, -0.2) is 25.7 Å². The number of benzene rings is 3. The van der Waals surface area contributed by atoms with Crippen molar-refractivity contribution in [1.29, 1.82) is 5.26 Å². The van der Waals surface area contributed by atoms with Gasteiger partial charge < -0.3 is 9.47 Å². The molecule has 3 aromatic rings. The van der Waals surface area contributed by atoms with Crippen LogP contribution in [0.4, 0.5) is 23.7 Å². The summed E-state index contributed by atoms with van der Waals surface area (Å²) in [6.07, 6.45) is -0.700. The Morgan fingerprint density at radius 2 is 1.65 bits per heavy atom. The van der Waals surface area contributed by atoms with Crippen LogP contribution in [0.1, 0.15) is 65.9 Å². The zero-order valence-electron chi connectivity index (χ0n) is 24.6. The van der Waals surface area contributed by atoms with E-state index in [1.807, 2.05) is 26.1 Å². The Bertz CT molecular complexity index is 1840. The monoisotopic (exact) mass is 603 g/mol. The van der Waals surface area contributed by atoms with Crippen molar-refractivity contribution in [2.24, 2.45) is 0 Å². The van der Waals surface area contributed by atoms with Gasteiger partial charge in [-0.2, -0.15) is 5.26 Å². The van der Waals surface area contributed by atoms with E-state index in [1.54, 1.807) is 51.1 Å². The summed E-state index contributed by atoms with van der Waals surface area (Å²) in [4.78, 5) is 29.1. The standard InChI is InChI=1S/C32H28F3N3O4Si/c1-16-9-11-18-20(13-16)43(7,8)21-14-17(38-29(40)42-30(2,3)4)10-12-19(21)32(18)23-22(28(39)41-32)25(33)27(35)24(26(23)34)31(5,15-36)37-6/h9-14H,1-5,7-8H3,(H,38,40). The highest BCUT2D eigenvalue weighted by molar-refractivity contribution is 7.01. The van der Waals surface area contributed by atoms with Gasteiger partial charge in [-0.05, 0) is 50.2 Å². The number of carbonyl (C=O) groups excluding carboxylic acids is 2. The number of esters is 1. The molecule has 3 aromatic carbocycles. The lowest BCUT2D eigenvalue weighted by atomic mass is 9.76. The van der Waals surface area contributed by atoms with E-state index in [0.29, 0.717) is 22.0 Å². The zero-order chi connectivity index (χ0) is 31.9. The summed E-state index contributed by atoms with van der Waals surface area (Å²) in [7, 11) is -2.71. The summed E-state index contributed by atoms with van der Waals surface area (Å²) in [5, 5.41) is 13.8. The summed E-state index contributed by atoms with van der Waals surface area (Å²) in [5.74, 6) is -6.18. The van der Waals surface area contributed by atoms with E-state index in [1.165, 1.54) is 6.07 Å². The van der Waals surface area contributed by atoms with Crippen molar-refractivity contribution >= 4 is 36.2 Å². The van der Waals surface area contributed by atoms with E-state index >= 15 is 13.2 Å². The summed E-state index contributed by atoms with van der Waals surface area (Å²) in [6.45, 7) is 19.6. The second kappa shape index (κ2) is 9.45. The Morgan fingerprint density at radius 1 is 1.05 bits per heavy atom. The number of amides is 1. The third-order valence-corrected chi connectivity index (χ3v) is 11.5. The molecule has 0 aromatic heterocycles. The van der Waals surface area contributed by atoms with Crippen LogP contribution in [0.2, 0.25) is 13.1 Å². The Kier molecular flexibility index (Phi) is 6.56. The molecule has 2 aliphatic rings. The number of fused-ring (bicyclic) bond motifs is 6. The highest BCUT2D eigenvalue weighted by Gasteiger charge is 2.60. The molecule has 0 fully saturated rings. The van der Waals surface area contributed by atoms with Crippen LogP contribution in [0.25, 0.3) is 4.85 Å². The minimum absolute atomic E-state index is 0.305. The summed E-state index contributed by atoms with van der Waals surface area (Å²) < 4.78 is 59.2. The van der Waals surface area contributed by atoms with Crippen molar-refractivity contribution in [1.82, 2.24) is 0 Å². The molecule has 7 nitrogen and oxygen atoms in total. The minimum Gasteiger partial charge on any atom is -0.444 e. The van der Waals surface area contributed by atoms with Gasteiger partial charge in [-0.3, -0.25) is 10.2 Å². The van der Waals surface area contributed by atoms with E-state index in [9.17, 15) is 14.9 Å². The zero-order valence-corrected chi connectivity index (χ0v) is 25.6. The fourth-order valence-electron chi connectivity index (χ4n) is 6.01. The number of hydrogen-bond acceptors (Lipinski definition) is 5. The molecule has 0 saturated heterocycles. The molecule has 220 valence electrons. The van der Waals surface area contributed by atoms with Crippen molar-refractivity contribution in [2.75, 3.05) is 5.32 Å². The second-order valence-corrected chi connectivity index (χ2v) is 16.8. The van der Waals surface area contributed by atoms with Crippen LogP contribution < -0.4 is 15.7 Å². The lowest BCUT2D eigenvalue weighted by Crippen LogP contribution is -2.63. The average molecular weight is 604 g/mol. The first kappa shape index (κ1) is 29.9. The average Bonchev–Trinajstić information content (AvgIpc) is 3.23. The first-order valence-corrected chi connectivity index (χ1v) is 16.4. The van der Waals surface area contributed by atoms with Crippen molar-refractivity contribution < 1.29 is 32.2 Å². The normalized spacial score (nSPS) is 19.2. The van der Waals surface area contributed by atoms with Crippen LogP contribution in [0.5, 0.6) is 0 Å². The lowest BCUT2D eigenvalue weighted by molar-refractivity contribution is 0.0246. The summed E-state index contributed by atoms with van der Waals surface area (Å²) in [5.41, 5.74) is -5.98. The fraction of sp³-hybridized carbons (Fsp3) is 0.312. The predicted molar refractivity (Wildman–Crippen MR) is 155 cm³/mol. The summed E-state index contributed by atoms with van der Waals surface area (Å²) >= 11 is 0. The predicted octanol–water partition coefficient (Wildman–Crippen LogP) is 6.02. The number of halogens is 3. The number of hydrogen-bond donors (Lipinski definition) is 1. The first-order valence-electron chi connectivity index (χ1n) is 13.4. The third-order valence-electron chi connectivity index (χ3n) is 8.00. The molecule has 1 amide bonds. The largest absolute Gasteiger partial charge is 0.444 e. The maximum absolute atomic E-state index is 16.8. The number of aryl methyl sites for hydroxylation is 1. The Hall–Kier alpha value is -4.61. The maximum Gasteiger partial charge on any atom is 0.412 e. The lowest BCUT2D eigenvalue weighted by Gasteiger charge is -2.44. The highest BCUT2D eigenvalue weighted by atomic mass is 28.3. The fourth-order valence-corrected chi connectivity index (χ4v) is 9.27. The number of nitrogens with one attached hydrogen (secondary N) is 1. The van der Waals surface area contributed by atoms with Crippen LogP contribution in [0, 0.1) is 42.3 Å². The molecule has 2 unspecified atom stereocenters. The van der Waals surface area contributed by atoms with E-state index < -0.39 is 71.0 Å². The maximum atomic E-state index is 16.8. The Balaban J connectivity index is 1.88. The molecule has 0 saturated carbocycles. The van der Waals surface area contributed by atoms with Crippen LogP contribution in [0.15, 0.2) is 36.4 Å². The van der Waals surface area contributed by atoms with Gasteiger partial charge in [-0.25, -0.2) is 29.3 Å². The third kappa shape index (κ3) is 4.22. The SMILES string of the molecule is [C-]#[N+]C(C)(C#N)c1c(F)c(F)c2c(c1F)C1(OC2=O)c2ccc(C)cc2[Si](C)(C)c2cc(NC(=O)OC(C)(C)C)ccc21. The topological polar surface area (TPSA) is 92.8 Å². The number of nitriles is 1. The molecular formula is C32H28F3N3O4Si. The molecule has 2 heterocycles. The number of anilines is 1. The van der Waals surface area contributed by atoms with Gasteiger partial charge in [0.25, 0.3) is 0 Å². The molecule has 5 rings (SSSR count). The van der Waals surface area contributed by atoms with Gasteiger partial charge in [-0.15, -0.1) is 0 Å². The molecule has 0 aliphatic carbocycles. The number of carbonyl (C=O) groups is 2. The Morgan fingerprint density at radius 3 is 2.23 bits per heavy atom. The minimum atomic E-state index is -2.71. The first-order chi connectivity index (χ1) is 19.9. The van der Waals surface area contributed by atoms with Crippen LogP contribution in [0.3, 0.4) is 0 Å². The van der Waals surface area contributed by atoms with Crippen molar-refractivity contribution in [3.63, 3.8) is 0 Å². The number of ether oxygens (including phenoxy) is 2. The molecule has 0 bridgehead atoms. The van der Waals surface area contributed by atoms with Gasteiger partial charge in [-0.1, -0.05) is 42.9 Å². The molecule has 2 atom stereocenters. The molecule has 1 spiro atoms. The van der Waals surface area contributed by atoms with E-state index in [4.69, 9.17) is 16.0 Å². The van der Waals surface area contributed by atoms with Gasteiger partial charge in [0.1, 0.15) is 30.6 Å². The van der Waals surface area contributed by atoms with Crippen LogP contribution in [-0.2, 0) is 20.6 Å². The molecule has 11 heteroatoms. The smallest absolute Gasteiger partial charge is 0.412 e. The van der Waals surface area contributed by atoms with Gasteiger partial charge in [0, 0.05) is 23.7 Å². The summed E-state index contributed by atoms with van der Waals surface area (Å²) in [6, 6.07) is 11.7. The van der Waals surface area contributed by atoms with Gasteiger partial charge in [0.15, 0.2) is 23.3 Å².